The fourth-order valence-corrected chi connectivity index (χ4v) is 2.02. The van der Waals surface area contributed by atoms with E-state index in [9.17, 15) is 9.90 Å². The molecular formula is C15H9ClN2O3. The molecule has 0 saturated heterocycles. The van der Waals surface area contributed by atoms with Gasteiger partial charge in [-0.25, -0.2) is 14.8 Å². The number of fused-ring (bicyclic) bond motifs is 1. The fourth-order valence-electron chi connectivity index (χ4n) is 1.92. The lowest BCUT2D eigenvalue weighted by Gasteiger charge is -2.09. The molecule has 0 amide bonds. The highest BCUT2D eigenvalue weighted by atomic mass is 35.5. The largest absolute Gasteiger partial charge is 0.478 e. The second-order valence-corrected chi connectivity index (χ2v) is 4.72. The molecule has 1 N–H and O–H groups in total. The number of carboxylic acid groups (broad SMARTS) is 1. The average molecular weight is 301 g/mol. The van der Waals surface area contributed by atoms with E-state index in [1.807, 2.05) is 24.3 Å². The molecule has 21 heavy (non-hydrogen) atoms. The van der Waals surface area contributed by atoms with Crippen molar-refractivity contribution in [1.29, 1.82) is 0 Å². The van der Waals surface area contributed by atoms with Gasteiger partial charge in [-0.05, 0) is 22.9 Å². The summed E-state index contributed by atoms with van der Waals surface area (Å²) in [6.45, 7) is 0. The molecule has 0 saturated carbocycles. The maximum atomic E-state index is 11.4. The number of benzene rings is 2. The second-order valence-electron chi connectivity index (χ2n) is 4.29. The molecule has 6 heteroatoms. The summed E-state index contributed by atoms with van der Waals surface area (Å²) in [4.78, 5) is 19.2. The molecule has 3 rings (SSSR count). The summed E-state index contributed by atoms with van der Waals surface area (Å²) in [6.07, 6.45) is 2.76. The SMILES string of the molecule is O=C(O)c1cc2ccccc2cc1Oc1ncc(Cl)cn1. The first-order valence-corrected chi connectivity index (χ1v) is 6.43. The summed E-state index contributed by atoms with van der Waals surface area (Å²) in [5, 5.41) is 11.4. The lowest BCUT2D eigenvalue weighted by atomic mass is 10.1. The van der Waals surface area contributed by atoms with Gasteiger partial charge in [-0.3, -0.25) is 0 Å². The zero-order valence-electron chi connectivity index (χ0n) is 10.7. The summed E-state index contributed by atoms with van der Waals surface area (Å²) in [5.74, 6) is -0.895. The highest BCUT2D eigenvalue weighted by Gasteiger charge is 2.14. The van der Waals surface area contributed by atoms with Gasteiger partial charge in [0.2, 0.25) is 0 Å². The van der Waals surface area contributed by atoms with Gasteiger partial charge in [0.05, 0.1) is 17.4 Å². The Morgan fingerprint density at radius 1 is 1.10 bits per heavy atom. The van der Waals surface area contributed by atoms with Crippen LogP contribution in [-0.2, 0) is 0 Å². The molecule has 0 unspecified atom stereocenters. The van der Waals surface area contributed by atoms with Crippen molar-refractivity contribution in [3.63, 3.8) is 0 Å². The number of halogens is 1. The van der Waals surface area contributed by atoms with E-state index in [0.717, 1.165) is 10.8 Å². The molecule has 0 atom stereocenters. The smallest absolute Gasteiger partial charge is 0.339 e. The molecule has 5 nitrogen and oxygen atoms in total. The lowest BCUT2D eigenvalue weighted by Crippen LogP contribution is -2.01. The van der Waals surface area contributed by atoms with Crippen LogP contribution in [0.2, 0.25) is 5.02 Å². The maximum Gasteiger partial charge on any atom is 0.339 e. The van der Waals surface area contributed by atoms with E-state index in [4.69, 9.17) is 16.3 Å². The predicted molar refractivity (Wildman–Crippen MR) is 78.0 cm³/mol. The van der Waals surface area contributed by atoms with Gasteiger partial charge in [-0.15, -0.1) is 0 Å². The Morgan fingerprint density at radius 2 is 1.71 bits per heavy atom. The Bertz CT molecular complexity index is 819. The van der Waals surface area contributed by atoms with Crippen molar-refractivity contribution in [3.05, 3.63) is 59.4 Å². The summed E-state index contributed by atoms with van der Waals surface area (Å²) in [6, 6.07) is 10.7. The molecule has 0 radical (unpaired) electrons. The molecule has 0 fully saturated rings. The van der Waals surface area contributed by atoms with Gasteiger partial charge in [-0.1, -0.05) is 35.9 Å². The van der Waals surface area contributed by atoms with Crippen LogP contribution in [0.4, 0.5) is 0 Å². The summed E-state index contributed by atoms with van der Waals surface area (Å²) >= 11 is 5.70. The van der Waals surface area contributed by atoms with Crippen LogP contribution in [0, 0.1) is 0 Å². The Morgan fingerprint density at radius 3 is 2.33 bits per heavy atom. The number of nitrogens with zero attached hydrogens (tertiary/aromatic N) is 2. The predicted octanol–water partition coefficient (Wildman–Crippen LogP) is 3.77. The van der Waals surface area contributed by atoms with Crippen LogP contribution in [0.3, 0.4) is 0 Å². The minimum atomic E-state index is -1.08. The molecule has 0 aliphatic rings. The maximum absolute atomic E-state index is 11.4. The zero-order valence-corrected chi connectivity index (χ0v) is 11.4. The van der Waals surface area contributed by atoms with E-state index in [-0.39, 0.29) is 17.3 Å². The number of aromatic nitrogens is 2. The number of carbonyl (C=O) groups is 1. The van der Waals surface area contributed by atoms with Crippen molar-refractivity contribution in [2.24, 2.45) is 0 Å². The van der Waals surface area contributed by atoms with Gasteiger partial charge in [0.1, 0.15) is 11.3 Å². The number of aromatic carboxylic acids is 1. The molecule has 1 heterocycles. The minimum absolute atomic E-state index is 0.0391. The second kappa shape index (κ2) is 5.38. The van der Waals surface area contributed by atoms with Crippen LogP contribution in [0.1, 0.15) is 10.4 Å². The van der Waals surface area contributed by atoms with Gasteiger partial charge in [0.25, 0.3) is 0 Å². The van der Waals surface area contributed by atoms with E-state index in [1.165, 1.54) is 12.4 Å². The minimum Gasteiger partial charge on any atom is -0.478 e. The molecule has 1 aromatic heterocycles. The first-order valence-electron chi connectivity index (χ1n) is 6.05. The van der Waals surface area contributed by atoms with Crippen molar-refractivity contribution in [3.8, 4) is 11.8 Å². The topological polar surface area (TPSA) is 72.3 Å². The fraction of sp³-hybridized carbons (Fsp3) is 0. The molecule has 0 bridgehead atoms. The molecule has 3 aromatic rings. The monoisotopic (exact) mass is 300 g/mol. The molecule has 104 valence electrons. The summed E-state index contributed by atoms with van der Waals surface area (Å²) in [7, 11) is 0. The van der Waals surface area contributed by atoms with Gasteiger partial charge < -0.3 is 9.84 Å². The van der Waals surface area contributed by atoms with E-state index in [0.29, 0.717) is 5.02 Å². The van der Waals surface area contributed by atoms with Crippen LogP contribution in [0.25, 0.3) is 10.8 Å². The van der Waals surface area contributed by atoms with Crippen LogP contribution in [-0.4, -0.2) is 21.0 Å². The third kappa shape index (κ3) is 2.78. The van der Waals surface area contributed by atoms with Crippen LogP contribution < -0.4 is 4.74 Å². The number of rotatable bonds is 3. The van der Waals surface area contributed by atoms with E-state index >= 15 is 0 Å². The van der Waals surface area contributed by atoms with Crippen molar-refractivity contribution in [1.82, 2.24) is 9.97 Å². The Kier molecular flexibility index (Phi) is 3.41. The highest BCUT2D eigenvalue weighted by Crippen LogP contribution is 2.29. The van der Waals surface area contributed by atoms with Crippen molar-refractivity contribution >= 4 is 28.3 Å². The number of carboxylic acids is 1. The van der Waals surface area contributed by atoms with Crippen LogP contribution >= 0.6 is 11.6 Å². The molecule has 2 aromatic carbocycles. The van der Waals surface area contributed by atoms with E-state index < -0.39 is 5.97 Å². The van der Waals surface area contributed by atoms with Gasteiger partial charge >= 0.3 is 12.0 Å². The van der Waals surface area contributed by atoms with E-state index in [1.54, 1.807) is 12.1 Å². The quantitative estimate of drug-likeness (QED) is 0.797. The zero-order chi connectivity index (χ0) is 14.8. The summed E-state index contributed by atoms with van der Waals surface area (Å²) in [5.41, 5.74) is 0.0484. The standard InChI is InChI=1S/C15H9ClN2O3/c16-11-7-17-15(18-8-11)21-13-6-10-4-2-1-3-9(10)5-12(13)14(19)20/h1-8H,(H,19,20). The molecule has 0 aliphatic heterocycles. The number of hydrogen-bond donors (Lipinski definition) is 1. The Hall–Kier alpha value is -2.66. The molecular weight excluding hydrogens is 292 g/mol. The number of hydrogen-bond acceptors (Lipinski definition) is 4. The Labute approximate surface area is 124 Å². The Balaban J connectivity index is 2.09. The van der Waals surface area contributed by atoms with Crippen LogP contribution in [0.15, 0.2) is 48.8 Å². The van der Waals surface area contributed by atoms with E-state index in [2.05, 4.69) is 9.97 Å². The van der Waals surface area contributed by atoms with Gasteiger partial charge in [0, 0.05) is 0 Å². The first-order chi connectivity index (χ1) is 10.1. The van der Waals surface area contributed by atoms with Crippen molar-refractivity contribution in [2.75, 3.05) is 0 Å². The highest BCUT2D eigenvalue weighted by molar-refractivity contribution is 6.30. The van der Waals surface area contributed by atoms with Crippen molar-refractivity contribution in [2.45, 2.75) is 0 Å². The molecule has 0 spiro atoms. The van der Waals surface area contributed by atoms with Crippen molar-refractivity contribution < 1.29 is 14.6 Å². The summed E-state index contributed by atoms with van der Waals surface area (Å²) < 4.78 is 5.47. The van der Waals surface area contributed by atoms with Gasteiger partial charge in [-0.2, -0.15) is 0 Å². The number of ether oxygens (including phenoxy) is 1. The lowest BCUT2D eigenvalue weighted by molar-refractivity contribution is 0.0694. The first kappa shape index (κ1) is 13.3. The third-order valence-corrected chi connectivity index (χ3v) is 3.07. The normalized spacial score (nSPS) is 10.5. The molecule has 0 aliphatic carbocycles. The van der Waals surface area contributed by atoms with Gasteiger partial charge in [0.15, 0.2) is 0 Å². The third-order valence-electron chi connectivity index (χ3n) is 2.88. The average Bonchev–Trinajstić information content (AvgIpc) is 2.48. The van der Waals surface area contributed by atoms with Crippen LogP contribution in [0.5, 0.6) is 11.8 Å².